The number of amides is 2. The molecule has 0 saturated carbocycles. The molecule has 0 aliphatic carbocycles. The summed E-state index contributed by atoms with van der Waals surface area (Å²) >= 11 is 6.15. The molecular formula is C26H39ClN4O4. The van der Waals surface area contributed by atoms with Gasteiger partial charge in [-0.3, -0.25) is 14.5 Å². The van der Waals surface area contributed by atoms with Crippen molar-refractivity contribution in [3.63, 3.8) is 0 Å². The Bertz CT molecular complexity index is 858. The van der Waals surface area contributed by atoms with Crippen molar-refractivity contribution in [2.75, 3.05) is 85.3 Å². The summed E-state index contributed by atoms with van der Waals surface area (Å²) in [5, 5.41) is 0.615. The highest BCUT2D eigenvalue weighted by atomic mass is 35.5. The summed E-state index contributed by atoms with van der Waals surface area (Å²) < 4.78 is 11.6. The molecule has 0 radical (unpaired) electrons. The molecule has 1 atom stereocenters. The second kappa shape index (κ2) is 12.4. The highest BCUT2D eigenvalue weighted by Gasteiger charge is 2.41. The number of piperidine rings is 1. The van der Waals surface area contributed by atoms with Crippen LogP contribution in [0.3, 0.4) is 0 Å². The number of carbonyl (C=O) groups excluding carboxylic acids is 2. The Balaban J connectivity index is 1.42. The second-order valence-electron chi connectivity index (χ2n) is 10.0. The molecule has 194 valence electrons. The number of benzene rings is 1. The predicted octanol–water partition coefficient (Wildman–Crippen LogP) is 2.21. The third-order valence-electron chi connectivity index (χ3n) is 7.52. The van der Waals surface area contributed by atoms with Crippen LogP contribution in [-0.4, -0.2) is 117 Å². The molecule has 4 rings (SSSR count). The standard InChI is InChI=1S/C26H39ClN4O4/c1-2-28-9-11-29(12-10-28)19-25(33)31-8-4-7-26(20-31,18-24(32)30-13-15-34-16-14-30)21-35-23-6-3-5-22(27)17-23/h3,5-6,17H,2,4,7-16,18-21H2,1H3/t26-/m1/s1. The third kappa shape index (κ3) is 7.32. The zero-order valence-corrected chi connectivity index (χ0v) is 21.7. The fourth-order valence-corrected chi connectivity index (χ4v) is 5.51. The van der Waals surface area contributed by atoms with E-state index in [-0.39, 0.29) is 11.8 Å². The van der Waals surface area contributed by atoms with Gasteiger partial charge in [-0.1, -0.05) is 24.6 Å². The van der Waals surface area contributed by atoms with E-state index in [4.69, 9.17) is 21.1 Å². The summed E-state index contributed by atoms with van der Waals surface area (Å²) in [6, 6.07) is 7.34. The molecule has 35 heavy (non-hydrogen) atoms. The Kier molecular flexibility index (Phi) is 9.27. The summed E-state index contributed by atoms with van der Waals surface area (Å²) in [5.41, 5.74) is -0.424. The molecule has 0 N–H and O–H groups in total. The van der Waals surface area contributed by atoms with Gasteiger partial charge in [0.05, 0.1) is 26.4 Å². The minimum absolute atomic E-state index is 0.119. The molecule has 1 aromatic carbocycles. The highest BCUT2D eigenvalue weighted by Crippen LogP contribution is 2.36. The molecule has 3 aliphatic heterocycles. The Morgan fingerprint density at radius 2 is 1.74 bits per heavy atom. The van der Waals surface area contributed by atoms with Gasteiger partial charge in [-0.05, 0) is 37.6 Å². The molecule has 0 unspecified atom stereocenters. The Labute approximate surface area is 214 Å². The first-order chi connectivity index (χ1) is 17.0. The second-order valence-corrected chi connectivity index (χ2v) is 10.5. The van der Waals surface area contributed by atoms with E-state index in [2.05, 4.69) is 16.7 Å². The van der Waals surface area contributed by atoms with Crippen LogP contribution >= 0.6 is 11.6 Å². The molecule has 9 heteroatoms. The van der Waals surface area contributed by atoms with Crippen LogP contribution in [0.1, 0.15) is 26.2 Å². The van der Waals surface area contributed by atoms with Crippen molar-refractivity contribution in [2.45, 2.75) is 26.2 Å². The average molecular weight is 507 g/mol. The van der Waals surface area contributed by atoms with Crippen molar-refractivity contribution >= 4 is 23.4 Å². The minimum atomic E-state index is -0.424. The molecule has 2 amide bonds. The van der Waals surface area contributed by atoms with Crippen molar-refractivity contribution in [1.29, 1.82) is 0 Å². The fourth-order valence-electron chi connectivity index (χ4n) is 5.33. The molecule has 3 saturated heterocycles. The number of hydrogen-bond acceptors (Lipinski definition) is 6. The lowest BCUT2D eigenvalue weighted by atomic mass is 9.77. The van der Waals surface area contributed by atoms with Crippen molar-refractivity contribution in [3.8, 4) is 5.75 Å². The maximum absolute atomic E-state index is 13.3. The molecular weight excluding hydrogens is 468 g/mol. The van der Waals surface area contributed by atoms with Gasteiger partial charge in [0.15, 0.2) is 0 Å². The summed E-state index contributed by atoms with van der Waals surface area (Å²) in [6.07, 6.45) is 2.08. The lowest BCUT2D eigenvalue weighted by Gasteiger charge is -2.44. The van der Waals surface area contributed by atoms with Crippen LogP contribution in [-0.2, 0) is 14.3 Å². The van der Waals surface area contributed by atoms with E-state index in [1.54, 1.807) is 6.07 Å². The molecule has 3 aliphatic rings. The van der Waals surface area contributed by atoms with Gasteiger partial charge in [0, 0.05) is 69.2 Å². The van der Waals surface area contributed by atoms with Gasteiger partial charge in [-0.15, -0.1) is 0 Å². The van der Waals surface area contributed by atoms with Crippen LogP contribution in [0, 0.1) is 5.41 Å². The van der Waals surface area contributed by atoms with Crippen LogP contribution in [0.25, 0.3) is 0 Å². The molecule has 1 aromatic rings. The highest BCUT2D eigenvalue weighted by molar-refractivity contribution is 6.30. The lowest BCUT2D eigenvalue weighted by molar-refractivity contribution is -0.144. The van der Waals surface area contributed by atoms with Crippen molar-refractivity contribution < 1.29 is 19.1 Å². The molecule has 3 heterocycles. The summed E-state index contributed by atoms with van der Waals surface area (Å²) in [4.78, 5) is 35.1. The van der Waals surface area contributed by atoms with Gasteiger partial charge >= 0.3 is 0 Å². The van der Waals surface area contributed by atoms with Crippen LogP contribution in [0.5, 0.6) is 5.75 Å². The van der Waals surface area contributed by atoms with E-state index < -0.39 is 5.41 Å². The first-order valence-corrected chi connectivity index (χ1v) is 13.3. The smallest absolute Gasteiger partial charge is 0.236 e. The number of piperazine rings is 1. The monoisotopic (exact) mass is 506 g/mol. The quantitative estimate of drug-likeness (QED) is 0.538. The Morgan fingerprint density at radius 1 is 1.00 bits per heavy atom. The zero-order chi connectivity index (χ0) is 24.7. The van der Waals surface area contributed by atoms with Crippen molar-refractivity contribution in [3.05, 3.63) is 29.3 Å². The SMILES string of the molecule is CCN1CCN(CC(=O)N2CCC[C@@](COc3cccc(Cl)c3)(CC(=O)N3CCOCC3)C2)CC1. The number of hydrogen-bond donors (Lipinski definition) is 0. The van der Waals surface area contributed by atoms with Gasteiger partial charge in [-0.2, -0.15) is 0 Å². The number of likely N-dealkylation sites (N-methyl/N-ethyl adjacent to an activating group) is 1. The number of rotatable bonds is 8. The molecule has 8 nitrogen and oxygen atoms in total. The van der Waals surface area contributed by atoms with E-state index in [0.29, 0.717) is 63.2 Å². The van der Waals surface area contributed by atoms with Gasteiger partial charge in [0.1, 0.15) is 5.75 Å². The largest absolute Gasteiger partial charge is 0.493 e. The van der Waals surface area contributed by atoms with E-state index >= 15 is 0 Å². The zero-order valence-electron chi connectivity index (χ0n) is 20.9. The summed E-state index contributed by atoms with van der Waals surface area (Å²) in [7, 11) is 0. The third-order valence-corrected chi connectivity index (χ3v) is 7.75. The molecule has 0 spiro atoms. The van der Waals surface area contributed by atoms with Gasteiger partial charge in [-0.25, -0.2) is 0 Å². The van der Waals surface area contributed by atoms with Gasteiger partial charge in [0.2, 0.25) is 11.8 Å². The fraction of sp³-hybridized carbons (Fsp3) is 0.692. The Morgan fingerprint density at radius 3 is 2.46 bits per heavy atom. The van der Waals surface area contributed by atoms with Crippen molar-refractivity contribution in [1.82, 2.24) is 19.6 Å². The number of morpholine rings is 1. The van der Waals surface area contributed by atoms with E-state index in [9.17, 15) is 9.59 Å². The molecule has 0 aromatic heterocycles. The van der Waals surface area contributed by atoms with Crippen LogP contribution in [0.2, 0.25) is 5.02 Å². The van der Waals surface area contributed by atoms with E-state index in [1.807, 2.05) is 28.0 Å². The predicted molar refractivity (Wildman–Crippen MR) is 136 cm³/mol. The maximum Gasteiger partial charge on any atom is 0.236 e. The topological polar surface area (TPSA) is 65.6 Å². The number of ether oxygens (including phenoxy) is 2. The average Bonchev–Trinajstić information content (AvgIpc) is 2.89. The maximum atomic E-state index is 13.3. The van der Waals surface area contributed by atoms with Crippen molar-refractivity contribution in [2.24, 2.45) is 5.41 Å². The number of nitrogens with zero attached hydrogens (tertiary/aromatic N) is 4. The van der Waals surface area contributed by atoms with E-state index in [1.165, 1.54) is 0 Å². The number of likely N-dealkylation sites (tertiary alicyclic amines) is 1. The van der Waals surface area contributed by atoms with Gasteiger partial charge in [0.25, 0.3) is 0 Å². The number of halogens is 1. The summed E-state index contributed by atoms with van der Waals surface area (Å²) in [6.45, 7) is 11.6. The summed E-state index contributed by atoms with van der Waals surface area (Å²) in [5.74, 6) is 0.960. The molecule has 0 bridgehead atoms. The van der Waals surface area contributed by atoms with Gasteiger partial charge < -0.3 is 24.2 Å². The Hall–Kier alpha value is -1.87. The first-order valence-electron chi connectivity index (χ1n) is 12.9. The van der Waals surface area contributed by atoms with E-state index in [0.717, 1.165) is 52.1 Å². The number of carbonyl (C=O) groups is 2. The lowest BCUT2D eigenvalue weighted by Crippen LogP contribution is -2.55. The van der Waals surface area contributed by atoms with Crippen LogP contribution in [0.15, 0.2) is 24.3 Å². The van der Waals surface area contributed by atoms with Crippen LogP contribution < -0.4 is 4.74 Å². The van der Waals surface area contributed by atoms with Crippen LogP contribution in [0.4, 0.5) is 0 Å². The first kappa shape index (κ1) is 26.2. The normalized spacial score (nSPS) is 24.4. The molecule has 3 fully saturated rings. The minimum Gasteiger partial charge on any atom is -0.493 e.